The van der Waals surface area contributed by atoms with Crippen molar-refractivity contribution in [3.8, 4) is 0 Å². The largest absolute Gasteiger partial charge is 0.242 e. The van der Waals surface area contributed by atoms with Gasteiger partial charge in [0.15, 0.2) is 15.2 Å². The molecule has 1 atom stereocenters. The Bertz CT molecular complexity index is 1220. The molecular weight excluding hydrogens is 430 g/mol. The average molecular weight is 450 g/mol. The average Bonchev–Trinajstić information content (AvgIpc) is 2.67. The fourth-order valence-corrected chi connectivity index (χ4v) is 6.34. The minimum atomic E-state index is -4.13. The van der Waals surface area contributed by atoms with Crippen LogP contribution in [0.2, 0.25) is 5.02 Å². The highest BCUT2D eigenvalue weighted by atomic mass is 35.5. The van der Waals surface area contributed by atoms with E-state index in [9.17, 15) is 16.8 Å². The van der Waals surface area contributed by atoms with Crippen molar-refractivity contribution in [1.82, 2.24) is 4.72 Å². The fourth-order valence-electron chi connectivity index (χ4n) is 2.77. The lowest BCUT2D eigenvalue weighted by atomic mass is 10.2. The second-order valence-corrected chi connectivity index (χ2v) is 10.8. The smallest absolute Gasteiger partial charge is 0.222 e. The summed E-state index contributed by atoms with van der Waals surface area (Å²) in [5.41, 5.74) is 1.93. The van der Waals surface area contributed by atoms with Crippen molar-refractivity contribution >= 4 is 31.5 Å². The van der Waals surface area contributed by atoms with Crippen LogP contribution in [0.1, 0.15) is 22.1 Å². The highest BCUT2D eigenvalue weighted by Crippen LogP contribution is 2.33. The van der Waals surface area contributed by atoms with E-state index in [2.05, 4.69) is 4.72 Å². The van der Waals surface area contributed by atoms with Gasteiger partial charge >= 0.3 is 0 Å². The molecule has 3 rings (SSSR count). The molecule has 0 aliphatic rings. The zero-order valence-electron chi connectivity index (χ0n) is 15.8. The molecule has 0 amide bonds. The first-order valence-corrected chi connectivity index (χ1v) is 12.2. The Balaban J connectivity index is 2.13. The highest BCUT2D eigenvalue weighted by molar-refractivity contribution is 7.94. The maximum absolute atomic E-state index is 13.4. The standard InChI is InChI=1S/C21H20ClNO4S2/c1-15-7-11-17(12-8-15)28(24,25)21(19-5-3-4-6-20(19)22)23-29(26,27)18-13-9-16(2)10-14-18/h3-14,21,23H,1-2H3. The molecule has 1 N–H and O–H groups in total. The summed E-state index contributed by atoms with van der Waals surface area (Å²) in [5.74, 6) is 0. The molecule has 3 aromatic carbocycles. The summed E-state index contributed by atoms with van der Waals surface area (Å²) in [7, 11) is -8.25. The molecule has 0 heterocycles. The Kier molecular flexibility index (Phi) is 6.14. The van der Waals surface area contributed by atoms with Crippen molar-refractivity contribution in [1.29, 1.82) is 0 Å². The Morgan fingerprint density at radius 1 is 0.724 bits per heavy atom. The minimum absolute atomic E-state index is 0.000346. The Morgan fingerprint density at radius 3 is 1.72 bits per heavy atom. The molecule has 0 bridgehead atoms. The van der Waals surface area contributed by atoms with Crippen LogP contribution < -0.4 is 4.72 Å². The molecule has 0 aromatic heterocycles. The number of rotatable bonds is 6. The lowest BCUT2D eigenvalue weighted by Crippen LogP contribution is -2.34. The topological polar surface area (TPSA) is 80.3 Å². The monoisotopic (exact) mass is 449 g/mol. The second-order valence-electron chi connectivity index (χ2n) is 6.69. The van der Waals surface area contributed by atoms with Gasteiger partial charge in [0.25, 0.3) is 0 Å². The molecule has 0 aliphatic carbocycles. The van der Waals surface area contributed by atoms with Crippen LogP contribution in [-0.2, 0) is 19.9 Å². The van der Waals surface area contributed by atoms with Gasteiger partial charge in [-0.2, -0.15) is 4.72 Å². The fraction of sp³-hybridized carbons (Fsp3) is 0.143. The van der Waals surface area contributed by atoms with E-state index < -0.39 is 25.2 Å². The van der Waals surface area contributed by atoms with Crippen LogP contribution in [0.25, 0.3) is 0 Å². The lowest BCUT2D eigenvalue weighted by molar-refractivity contribution is 0.557. The highest BCUT2D eigenvalue weighted by Gasteiger charge is 2.34. The van der Waals surface area contributed by atoms with Gasteiger partial charge in [-0.15, -0.1) is 0 Å². The minimum Gasteiger partial charge on any atom is -0.222 e. The molecule has 8 heteroatoms. The van der Waals surface area contributed by atoms with Crippen LogP contribution in [0.3, 0.4) is 0 Å². The van der Waals surface area contributed by atoms with Crippen LogP contribution in [-0.4, -0.2) is 16.8 Å². The summed E-state index contributed by atoms with van der Waals surface area (Å²) in [4.78, 5) is -0.0288. The second kappa shape index (κ2) is 8.28. The molecule has 0 saturated heterocycles. The lowest BCUT2D eigenvalue weighted by Gasteiger charge is -2.21. The first-order valence-electron chi connectivity index (χ1n) is 8.75. The van der Waals surface area contributed by atoms with Gasteiger partial charge in [-0.3, -0.25) is 0 Å². The molecule has 0 fully saturated rings. The Labute approximate surface area is 176 Å². The number of benzene rings is 3. The summed E-state index contributed by atoms with van der Waals surface area (Å²) in [6.45, 7) is 3.67. The van der Waals surface area contributed by atoms with Crippen LogP contribution in [0, 0.1) is 13.8 Å². The zero-order valence-corrected chi connectivity index (χ0v) is 18.2. The predicted molar refractivity (Wildman–Crippen MR) is 114 cm³/mol. The van der Waals surface area contributed by atoms with Crippen LogP contribution >= 0.6 is 11.6 Å². The molecule has 0 spiro atoms. The van der Waals surface area contributed by atoms with Gasteiger partial charge in [0.1, 0.15) is 0 Å². The quantitative estimate of drug-likeness (QED) is 0.604. The number of halogens is 1. The van der Waals surface area contributed by atoms with Crippen molar-refractivity contribution < 1.29 is 16.8 Å². The SMILES string of the molecule is Cc1ccc(S(=O)(=O)NC(c2ccccc2Cl)S(=O)(=O)c2ccc(C)cc2)cc1. The third-order valence-corrected chi connectivity index (χ3v) is 8.29. The molecule has 29 heavy (non-hydrogen) atoms. The molecule has 0 aliphatic heterocycles. The van der Waals surface area contributed by atoms with E-state index >= 15 is 0 Å². The summed E-state index contributed by atoms with van der Waals surface area (Å²) < 4.78 is 55.0. The van der Waals surface area contributed by atoms with Gasteiger partial charge in [0, 0.05) is 10.6 Å². The Hall–Kier alpha value is -2.19. The van der Waals surface area contributed by atoms with E-state index in [-0.39, 0.29) is 20.4 Å². The van der Waals surface area contributed by atoms with Crippen molar-refractivity contribution in [2.75, 3.05) is 0 Å². The van der Waals surface area contributed by atoms with E-state index in [0.717, 1.165) is 11.1 Å². The number of hydrogen-bond acceptors (Lipinski definition) is 4. The number of aryl methyl sites for hydroxylation is 2. The molecule has 0 saturated carbocycles. The summed E-state index contributed by atoms with van der Waals surface area (Å²) in [6.07, 6.45) is 0. The normalized spacial score (nSPS) is 13.2. The zero-order chi connectivity index (χ0) is 21.2. The van der Waals surface area contributed by atoms with Crippen molar-refractivity contribution in [2.24, 2.45) is 0 Å². The van der Waals surface area contributed by atoms with Gasteiger partial charge in [0.05, 0.1) is 9.79 Å². The first kappa shape index (κ1) is 21.5. The van der Waals surface area contributed by atoms with Crippen molar-refractivity contribution in [3.63, 3.8) is 0 Å². The molecule has 1 unspecified atom stereocenters. The Morgan fingerprint density at radius 2 is 1.21 bits per heavy atom. The molecular formula is C21H20ClNO4S2. The van der Waals surface area contributed by atoms with E-state index in [1.807, 2.05) is 13.8 Å². The number of sulfone groups is 1. The van der Waals surface area contributed by atoms with Gasteiger partial charge in [0.2, 0.25) is 10.0 Å². The van der Waals surface area contributed by atoms with Crippen molar-refractivity contribution in [2.45, 2.75) is 29.0 Å². The van der Waals surface area contributed by atoms with E-state index in [4.69, 9.17) is 11.6 Å². The van der Waals surface area contributed by atoms with Gasteiger partial charge in [-0.1, -0.05) is 65.2 Å². The van der Waals surface area contributed by atoms with E-state index in [1.165, 1.54) is 36.4 Å². The predicted octanol–water partition coefficient (Wildman–Crippen LogP) is 4.41. The molecule has 0 radical (unpaired) electrons. The van der Waals surface area contributed by atoms with Crippen molar-refractivity contribution in [3.05, 3.63) is 94.5 Å². The third kappa shape index (κ3) is 4.70. The number of hydrogen-bond donors (Lipinski definition) is 1. The van der Waals surface area contributed by atoms with Gasteiger partial charge in [-0.05, 0) is 44.2 Å². The maximum atomic E-state index is 13.4. The van der Waals surface area contributed by atoms with Crippen LogP contribution in [0.15, 0.2) is 82.6 Å². The van der Waals surface area contributed by atoms with E-state index in [1.54, 1.807) is 36.4 Å². The third-order valence-electron chi connectivity index (χ3n) is 4.44. The summed E-state index contributed by atoms with van der Waals surface area (Å²) in [5, 5.41) is -1.43. The molecule has 3 aromatic rings. The van der Waals surface area contributed by atoms with Gasteiger partial charge < -0.3 is 0 Å². The first-order chi connectivity index (χ1) is 13.6. The molecule has 5 nitrogen and oxygen atoms in total. The van der Waals surface area contributed by atoms with Crippen LogP contribution in [0.4, 0.5) is 0 Å². The van der Waals surface area contributed by atoms with E-state index in [0.29, 0.717) is 0 Å². The molecule has 152 valence electrons. The maximum Gasteiger partial charge on any atom is 0.242 e. The summed E-state index contributed by atoms with van der Waals surface area (Å²) >= 11 is 6.23. The number of nitrogens with one attached hydrogen (secondary N) is 1. The number of sulfonamides is 1. The summed E-state index contributed by atoms with van der Waals surface area (Å²) in [6, 6.07) is 18.7. The van der Waals surface area contributed by atoms with Gasteiger partial charge in [-0.25, -0.2) is 16.8 Å². The van der Waals surface area contributed by atoms with Crippen LogP contribution in [0.5, 0.6) is 0 Å².